The van der Waals surface area contributed by atoms with Crippen LogP contribution in [0.2, 0.25) is 0 Å². The number of azide groups is 1. The van der Waals surface area contributed by atoms with Crippen molar-refractivity contribution in [2.75, 3.05) is 0 Å². The summed E-state index contributed by atoms with van der Waals surface area (Å²) in [5.41, 5.74) is 8.19. The van der Waals surface area contributed by atoms with Gasteiger partial charge < -0.3 is 8.83 Å². The fourth-order valence-electron chi connectivity index (χ4n) is 1.68. The summed E-state index contributed by atoms with van der Waals surface area (Å²) in [4.78, 5) is 2.22. The zero-order valence-electron chi connectivity index (χ0n) is 10.2. The van der Waals surface area contributed by atoms with Crippen molar-refractivity contribution in [1.82, 2.24) is 0 Å². The van der Waals surface area contributed by atoms with Crippen LogP contribution in [0.5, 0.6) is 0 Å². The zero-order valence-corrected chi connectivity index (χ0v) is 11.1. The molecule has 0 atom stereocenters. The van der Waals surface area contributed by atoms with E-state index in [2.05, 4.69) is 9.43 Å². The molecule has 0 aromatic carbocycles. The van der Waals surface area contributed by atoms with Crippen molar-refractivity contribution < 1.29 is 21.4 Å². The molecule has 9 heteroatoms. The molecule has 2 rings (SSSR count). The monoisotopic (exact) mass is 297 g/mol. The van der Waals surface area contributed by atoms with Gasteiger partial charge in [0.2, 0.25) is 0 Å². The largest absolute Gasteiger partial charge is 0.469 e. The van der Waals surface area contributed by atoms with Gasteiger partial charge in [0, 0.05) is 17.8 Å². The minimum atomic E-state index is -4.31. The van der Waals surface area contributed by atoms with Gasteiger partial charge in [-0.25, -0.2) is 0 Å². The SMILES string of the molecule is [N-]=[N+]=NS(=O)(=O)OC(Cc1ccco1)Cc1ccco1. The first-order valence-electron chi connectivity index (χ1n) is 5.63. The minimum absolute atomic E-state index is 0.202. The lowest BCUT2D eigenvalue weighted by atomic mass is 10.1. The lowest BCUT2D eigenvalue weighted by Crippen LogP contribution is -2.21. The predicted octanol–water partition coefficient (Wildman–Crippen LogP) is 2.60. The quantitative estimate of drug-likeness (QED) is 0.442. The molecule has 106 valence electrons. The van der Waals surface area contributed by atoms with Crippen molar-refractivity contribution in [1.29, 1.82) is 0 Å². The van der Waals surface area contributed by atoms with Crippen LogP contribution in [0.3, 0.4) is 0 Å². The maximum Gasteiger partial charge on any atom is 0.358 e. The Morgan fingerprint density at radius 2 is 1.75 bits per heavy atom. The molecule has 0 radical (unpaired) electrons. The van der Waals surface area contributed by atoms with E-state index in [0.717, 1.165) is 0 Å². The molecule has 0 amide bonds. The van der Waals surface area contributed by atoms with E-state index in [1.54, 1.807) is 24.3 Å². The molecule has 0 fully saturated rings. The Balaban J connectivity index is 2.13. The molecule has 0 saturated carbocycles. The fraction of sp³-hybridized carbons (Fsp3) is 0.273. The second kappa shape index (κ2) is 6.29. The second-order valence-electron chi connectivity index (χ2n) is 3.88. The molecule has 20 heavy (non-hydrogen) atoms. The third-order valence-electron chi connectivity index (χ3n) is 2.41. The van der Waals surface area contributed by atoms with Gasteiger partial charge >= 0.3 is 10.3 Å². The normalized spacial score (nSPS) is 11.4. The molecule has 0 N–H and O–H groups in total. The van der Waals surface area contributed by atoms with E-state index in [1.807, 2.05) is 0 Å². The van der Waals surface area contributed by atoms with Crippen LogP contribution in [-0.2, 0) is 27.3 Å². The molecule has 8 nitrogen and oxygen atoms in total. The minimum Gasteiger partial charge on any atom is -0.469 e. The zero-order chi connectivity index (χ0) is 14.4. The molecule has 2 aromatic heterocycles. The first-order chi connectivity index (χ1) is 9.59. The third-order valence-corrected chi connectivity index (χ3v) is 3.20. The van der Waals surface area contributed by atoms with Crippen LogP contribution in [0.1, 0.15) is 11.5 Å². The topological polar surface area (TPSA) is 118 Å². The molecular weight excluding hydrogens is 286 g/mol. The van der Waals surface area contributed by atoms with E-state index in [9.17, 15) is 8.42 Å². The van der Waals surface area contributed by atoms with E-state index in [4.69, 9.17) is 18.5 Å². The van der Waals surface area contributed by atoms with Crippen molar-refractivity contribution in [2.45, 2.75) is 18.9 Å². The highest BCUT2D eigenvalue weighted by Crippen LogP contribution is 2.15. The van der Waals surface area contributed by atoms with Gasteiger partial charge in [0.15, 0.2) is 0 Å². The highest BCUT2D eigenvalue weighted by molar-refractivity contribution is 7.85. The highest BCUT2D eigenvalue weighted by Gasteiger charge is 2.21. The molecule has 2 aromatic rings. The lowest BCUT2D eigenvalue weighted by Gasteiger charge is -2.13. The molecule has 0 unspecified atom stereocenters. The van der Waals surface area contributed by atoms with Gasteiger partial charge in [0.25, 0.3) is 0 Å². The molecule has 0 saturated heterocycles. The lowest BCUT2D eigenvalue weighted by molar-refractivity contribution is 0.193. The Kier molecular flexibility index (Phi) is 4.46. The first-order valence-corrected chi connectivity index (χ1v) is 7.00. The number of rotatable bonds is 7. The van der Waals surface area contributed by atoms with Crippen LogP contribution in [-0.4, -0.2) is 14.5 Å². The Labute approximate surface area is 114 Å². The van der Waals surface area contributed by atoms with E-state index in [1.165, 1.54) is 12.5 Å². The van der Waals surface area contributed by atoms with Gasteiger partial charge in [-0.1, -0.05) is 0 Å². The summed E-state index contributed by atoms with van der Waals surface area (Å²) in [7, 11) is -4.31. The van der Waals surface area contributed by atoms with Gasteiger partial charge in [-0.15, -0.1) is 0 Å². The maximum atomic E-state index is 11.4. The van der Waals surface area contributed by atoms with Crippen LogP contribution in [0.15, 0.2) is 50.1 Å². The first kappa shape index (κ1) is 14.2. The van der Waals surface area contributed by atoms with Crippen LogP contribution in [0.25, 0.3) is 10.4 Å². The Hall–Kier alpha value is -2.22. The summed E-state index contributed by atoms with van der Waals surface area (Å²) in [5.74, 6) is 1.11. The van der Waals surface area contributed by atoms with Gasteiger partial charge in [0.05, 0.1) is 23.1 Å². The van der Waals surface area contributed by atoms with Crippen LogP contribution < -0.4 is 0 Å². The van der Waals surface area contributed by atoms with Crippen molar-refractivity contribution in [3.05, 3.63) is 58.8 Å². The second-order valence-corrected chi connectivity index (χ2v) is 5.10. The van der Waals surface area contributed by atoms with Crippen molar-refractivity contribution in [2.24, 2.45) is 4.52 Å². The van der Waals surface area contributed by atoms with Crippen molar-refractivity contribution >= 4 is 10.3 Å². The summed E-state index contributed by atoms with van der Waals surface area (Å²) >= 11 is 0. The summed E-state index contributed by atoms with van der Waals surface area (Å²) in [6, 6.07) is 6.75. The van der Waals surface area contributed by atoms with Crippen molar-refractivity contribution in [3.63, 3.8) is 0 Å². The highest BCUT2D eigenvalue weighted by atomic mass is 32.2. The third kappa shape index (κ3) is 4.16. The Morgan fingerprint density at radius 1 is 1.20 bits per heavy atom. The molecular formula is C11H11N3O5S. The predicted molar refractivity (Wildman–Crippen MR) is 67.8 cm³/mol. The van der Waals surface area contributed by atoms with Crippen molar-refractivity contribution in [3.8, 4) is 0 Å². The number of furan rings is 2. The molecule has 0 spiro atoms. The molecule has 0 aliphatic rings. The van der Waals surface area contributed by atoms with Gasteiger partial charge in [-0.2, -0.15) is 8.42 Å². The van der Waals surface area contributed by atoms with E-state index >= 15 is 0 Å². The Morgan fingerprint density at radius 3 is 2.15 bits per heavy atom. The summed E-state index contributed by atoms with van der Waals surface area (Å²) in [6.07, 6.45) is 2.56. The Bertz CT molecular complexity index is 635. The standard InChI is InChI=1S/C11H11N3O5S/c12-13-14-20(15,16)19-11(7-9-3-1-5-17-9)8-10-4-2-6-18-10/h1-6,11H,7-8H2. The molecule has 0 aliphatic carbocycles. The number of hydrogen-bond donors (Lipinski definition) is 0. The van der Waals surface area contributed by atoms with E-state index in [-0.39, 0.29) is 12.8 Å². The van der Waals surface area contributed by atoms with E-state index in [0.29, 0.717) is 11.5 Å². The van der Waals surface area contributed by atoms with E-state index < -0.39 is 16.4 Å². The average Bonchev–Trinajstić information content (AvgIpc) is 3.01. The maximum absolute atomic E-state index is 11.4. The van der Waals surface area contributed by atoms with Gasteiger partial charge in [-0.3, -0.25) is 4.18 Å². The fourth-order valence-corrected chi connectivity index (χ4v) is 2.29. The average molecular weight is 297 g/mol. The van der Waals surface area contributed by atoms with Gasteiger partial charge in [-0.05, 0) is 29.8 Å². The molecule has 0 aliphatic heterocycles. The van der Waals surface area contributed by atoms with Gasteiger partial charge in [0.1, 0.15) is 11.5 Å². The summed E-state index contributed by atoms with van der Waals surface area (Å²) < 4.78 is 40.6. The summed E-state index contributed by atoms with van der Waals surface area (Å²) in [5, 5.41) is 0. The molecule has 2 heterocycles. The van der Waals surface area contributed by atoms with Crippen LogP contribution >= 0.6 is 0 Å². The summed E-state index contributed by atoms with van der Waals surface area (Å²) in [6.45, 7) is 0. The van der Waals surface area contributed by atoms with Crippen LogP contribution in [0, 0.1) is 0 Å². The molecule has 0 bridgehead atoms. The number of nitrogens with zero attached hydrogens (tertiary/aromatic N) is 3. The smallest absolute Gasteiger partial charge is 0.358 e. The number of hydrogen-bond acceptors (Lipinski definition) is 5. The van der Waals surface area contributed by atoms with Crippen LogP contribution in [0.4, 0.5) is 0 Å².